The van der Waals surface area contributed by atoms with Crippen LogP contribution in [0.5, 0.6) is 0 Å². The first-order valence-corrected chi connectivity index (χ1v) is 9.24. The molecule has 1 N–H and O–H groups in total. The summed E-state index contributed by atoms with van der Waals surface area (Å²) in [4.78, 5) is 28.6. The van der Waals surface area contributed by atoms with Gasteiger partial charge in [0.05, 0.1) is 6.61 Å². The molecule has 3 heterocycles. The molecule has 0 bridgehead atoms. The van der Waals surface area contributed by atoms with Crippen molar-refractivity contribution in [1.82, 2.24) is 10.2 Å². The highest BCUT2D eigenvalue weighted by molar-refractivity contribution is 5.99. The Hall–Kier alpha value is -1.92. The second-order valence-corrected chi connectivity index (χ2v) is 7.04. The van der Waals surface area contributed by atoms with Gasteiger partial charge in [-0.05, 0) is 24.5 Å². The van der Waals surface area contributed by atoms with Crippen LogP contribution in [0.4, 0.5) is 5.69 Å². The fourth-order valence-corrected chi connectivity index (χ4v) is 4.10. The molecule has 2 fully saturated rings. The van der Waals surface area contributed by atoms with Crippen LogP contribution in [0, 0.1) is 0 Å². The number of rotatable bonds is 4. The van der Waals surface area contributed by atoms with Gasteiger partial charge in [0.25, 0.3) is 5.91 Å². The van der Waals surface area contributed by atoms with Gasteiger partial charge < -0.3 is 19.9 Å². The largest absolute Gasteiger partial charge is 0.366 e. The average Bonchev–Trinajstić information content (AvgIpc) is 3.23. The van der Waals surface area contributed by atoms with Gasteiger partial charge in [-0.2, -0.15) is 0 Å². The topological polar surface area (TPSA) is 61.9 Å². The molecule has 25 heavy (non-hydrogen) atoms. The second kappa shape index (κ2) is 7.14. The molecule has 1 aromatic rings. The van der Waals surface area contributed by atoms with Crippen molar-refractivity contribution in [2.45, 2.75) is 31.3 Å². The fourth-order valence-electron chi connectivity index (χ4n) is 4.10. The summed E-state index contributed by atoms with van der Waals surface area (Å²) in [6.45, 7) is 4.28. The van der Waals surface area contributed by atoms with Crippen molar-refractivity contribution in [3.63, 3.8) is 0 Å². The summed E-state index contributed by atoms with van der Waals surface area (Å²) >= 11 is 0. The van der Waals surface area contributed by atoms with E-state index >= 15 is 0 Å². The van der Waals surface area contributed by atoms with Gasteiger partial charge in [0.1, 0.15) is 6.10 Å². The predicted octanol–water partition coefficient (Wildman–Crippen LogP) is 1.12. The number of carbonyl (C=O) groups excluding carboxylic acids is 2. The molecule has 0 aromatic heterocycles. The molecular weight excluding hydrogens is 318 g/mol. The quantitative estimate of drug-likeness (QED) is 0.890. The summed E-state index contributed by atoms with van der Waals surface area (Å²) in [6.07, 6.45) is 2.14. The Morgan fingerprint density at radius 1 is 1.32 bits per heavy atom. The van der Waals surface area contributed by atoms with Crippen molar-refractivity contribution >= 4 is 17.5 Å². The van der Waals surface area contributed by atoms with Crippen LogP contribution >= 0.6 is 0 Å². The van der Waals surface area contributed by atoms with Crippen molar-refractivity contribution in [3.05, 3.63) is 29.8 Å². The highest BCUT2D eigenvalue weighted by atomic mass is 16.5. The molecule has 0 spiro atoms. The maximum atomic E-state index is 12.9. The zero-order chi connectivity index (χ0) is 17.2. The van der Waals surface area contributed by atoms with Gasteiger partial charge in [0, 0.05) is 50.7 Å². The Morgan fingerprint density at radius 2 is 2.20 bits per heavy atom. The first kappa shape index (κ1) is 16.5. The van der Waals surface area contributed by atoms with Crippen molar-refractivity contribution in [2.75, 3.05) is 44.2 Å². The molecule has 134 valence electrons. The minimum atomic E-state index is -0.402. The maximum Gasteiger partial charge on any atom is 0.257 e. The van der Waals surface area contributed by atoms with Gasteiger partial charge in [-0.25, -0.2) is 0 Å². The standard InChI is InChI=1S/C19H25N3O3/c23-18-6-3-9-21(18)10-7-14-13-22(16-5-2-1-4-15(14)16)19(24)17-12-20-8-11-25-17/h1-2,4-5,14,17,20H,3,6-13H2/t14-,17+/m0/s1. The van der Waals surface area contributed by atoms with E-state index in [9.17, 15) is 9.59 Å². The summed E-state index contributed by atoms with van der Waals surface area (Å²) < 4.78 is 5.65. The zero-order valence-corrected chi connectivity index (χ0v) is 14.4. The van der Waals surface area contributed by atoms with E-state index < -0.39 is 6.10 Å². The van der Waals surface area contributed by atoms with Crippen LogP contribution in [-0.4, -0.2) is 62.1 Å². The highest BCUT2D eigenvalue weighted by Gasteiger charge is 2.36. The number of fused-ring (bicyclic) bond motifs is 1. The molecule has 3 aliphatic rings. The van der Waals surface area contributed by atoms with Crippen molar-refractivity contribution in [1.29, 1.82) is 0 Å². The highest BCUT2D eigenvalue weighted by Crippen LogP contribution is 2.38. The summed E-state index contributed by atoms with van der Waals surface area (Å²) in [5, 5.41) is 3.22. The molecule has 2 saturated heterocycles. The van der Waals surface area contributed by atoms with Gasteiger partial charge in [0.2, 0.25) is 5.91 Å². The number of amides is 2. The zero-order valence-electron chi connectivity index (χ0n) is 14.4. The van der Waals surface area contributed by atoms with E-state index in [1.807, 2.05) is 28.0 Å². The molecule has 2 atom stereocenters. The number of morpholine rings is 1. The van der Waals surface area contributed by atoms with E-state index in [-0.39, 0.29) is 17.7 Å². The molecular formula is C19H25N3O3. The van der Waals surface area contributed by atoms with Gasteiger partial charge in [-0.1, -0.05) is 18.2 Å². The summed E-state index contributed by atoms with van der Waals surface area (Å²) in [5.41, 5.74) is 2.21. The van der Waals surface area contributed by atoms with Gasteiger partial charge in [-0.15, -0.1) is 0 Å². The Morgan fingerprint density at radius 3 is 2.96 bits per heavy atom. The van der Waals surface area contributed by atoms with Gasteiger partial charge in [-0.3, -0.25) is 9.59 Å². The lowest BCUT2D eigenvalue weighted by Crippen LogP contribution is -2.49. The number of benzene rings is 1. The molecule has 0 radical (unpaired) electrons. The molecule has 0 saturated carbocycles. The predicted molar refractivity (Wildman–Crippen MR) is 94.6 cm³/mol. The minimum Gasteiger partial charge on any atom is -0.366 e. The van der Waals surface area contributed by atoms with E-state index in [4.69, 9.17) is 4.74 Å². The number of carbonyl (C=O) groups is 2. The third kappa shape index (κ3) is 3.28. The SMILES string of the molecule is O=C1CCCN1CC[C@H]1CN(C(=O)[C@H]2CNCCO2)c2ccccc21. The summed E-state index contributed by atoms with van der Waals surface area (Å²) in [6, 6.07) is 8.13. The van der Waals surface area contributed by atoms with Crippen molar-refractivity contribution in [2.24, 2.45) is 0 Å². The van der Waals surface area contributed by atoms with E-state index in [2.05, 4.69) is 11.4 Å². The smallest absolute Gasteiger partial charge is 0.257 e. The Bertz CT molecular complexity index is 657. The Kier molecular flexibility index (Phi) is 4.72. The van der Waals surface area contributed by atoms with E-state index in [0.717, 1.165) is 38.2 Å². The number of anilines is 1. The van der Waals surface area contributed by atoms with Gasteiger partial charge >= 0.3 is 0 Å². The van der Waals surface area contributed by atoms with Crippen molar-refractivity contribution < 1.29 is 14.3 Å². The Labute approximate surface area is 148 Å². The van der Waals surface area contributed by atoms with E-state index in [1.165, 1.54) is 5.56 Å². The molecule has 3 aliphatic heterocycles. The van der Waals surface area contributed by atoms with Gasteiger partial charge in [0.15, 0.2) is 0 Å². The van der Waals surface area contributed by atoms with E-state index in [1.54, 1.807) is 0 Å². The number of ether oxygens (including phenoxy) is 1. The molecule has 0 unspecified atom stereocenters. The summed E-state index contributed by atoms with van der Waals surface area (Å²) in [5.74, 6) is 0.588. The first-order valence-electron chi connectivity index (χ1n) is 9.24. The number of hydrogen-bond donors (Lipinski definition) is 1. The lowest BCUT2D eigenvalue weighted by molar-refractivity contribution is -0.131. The molecule has 2 amide bonds. The van der Waals surface area contributed by atoms with Crippen LogP contribution in [0.1, 0.15) is 30.7 Å². The van der Waals surface area contributed by atoms with Crippen LogP contribution in [0.2, 0.25) is 0 Å². The number of para-hydroxylation sites is 1. The third-order valence-electron chi connectivity index (χ3n) is 5.46. The monoisotopic (exact) mass is 343 g/mol. The van der Waals surface area contributed by atoms with Crippen LogP contribution in [0.3, 0.4) is 0 Å². The van der Waals surface area contributed by atoms with Crippen molar-refractivity contribution in [3.8, 4) is 0 Å². The maximum absolute atomic E-state index is 12.9. The van der Waals surface area contributed by atoms with E-state index in [0.29, 0.717) is 26.1 Å². The van der Waals surface area contributed by atoms with Crippen LogP contribution in [0.25, 0.3) is 0 Å². The normalized spacial score (nSPS) is 26.2. The number of nitrogens with one attached hydrogen (secondary N) is 1. The minimum absolute atomic E-state index is 0.0411. The second-order valence-electron chi connectivity index (χ2n) is 7.04. The van der Waals surface area contributed by atoms with Crippen LogP contribution < -0.4 is 10.2 Å². The summed E-state index contributed by atoms with van der Waals surface area (Å²) in [7, 11) is 0. The molecule has 1 aromatic carbocycles. The fraction of sp³-hybridized carbons (Fsp3) is 0.579. The molecule has 0 aliphatic carbocycles. The lowest BCUT2D eigenvalue weighted by atomic mass is 9.98. The number of hydrogen-bond acceptors (Lipinski definition) is 4. The molecule has 6 nitrogen and oxygen atoms in total. The third-order valence-corrected chi connectivity index (χ3v) is 5.46. The van der Waals surface area contributed by atoms with Crippen LogP contribution in [0.15, 0.2) is 24.3 Å². The lowest BCUT2D eigenvalue weighted by Gasteiger charge is -2.27. The van der Waals surface area contributed by atoms with Crippen LogP contribution in [-0.2, 0) is 14.3 Å². The molecule has 4 rings (SSSR count). The Balaban J connectivity index is 1.47. The molecule has 6 heteroatoms. The number of likely N-dealkylation sites (tertiary alicyclic amines) is 1. The number of nitrogens with zero attached hydrogens (tertiary/aromatic N) is 2. The first-order chi connectivity index (χ1) is 12.2. The average molecular weight is 343 g/mol.